The van der Waals surface area contributed by atoms with Gasteiger partial charge in [0.15, 0.2) is 0 Å². The molecule has 0 heterocycles. The molecule has 1 aliphatic rings. The molecule has 0 aromatic rings. The molecule has 1 amide bonds. The van der Waals surface area contributed by atoms with Gasteiger partial charge < -0.3 is 16.0 Å². The molecule has 3 N–H and O–H groups in total. The number of hydrogen-bond donors (Lipinski definition) is 2. The average Bonchev–Trinajstić information content (AvgIpc) is 2.09. The monoisotopic (exact) mass is 213 g/mol. The van der Waals surface area contributed by atoms with E-state index >= 15 is 0 Å². The molecule has 0 radical (unpaired) electrons. The minimum absolute atomic E-state index is 0.0387. The van der Waals surface area contributed by atoms with Crippen molar-refractivity contribution in [3.8, 4) is 0 Å². The molecule has 4 heteroatoms. The number of nitrogens with zero attached hydrogens (tertiary/aromatic N) is 1. The summed E-state index contributed by atoms with van der Waals surface area (Å²) < 4.78 is 0. The highest BCUT2D eigenvalue weighted by Crippen LogP contribution is 2.26. The van der Waals surface area contributed by atoms with Gasteiger partial charge in [-0.1, -0.05) is 0 Å². The maximum absolute atomic E-state index is 11.6. The van der Waals surface area contributed by atoms with E-state index in [4.69, 9.17) is 5.73 Å². The van der Waals surface area contributed by atoms with E-state index < -0.39 is 0 Å². The van der Waals surface area contributed by atoms with Crippen molar-refractivity contribution in [2.24, 2.45) is 5.73 Å². The molecule has 1 aliphatic carbocycles. The SMILES string of the molecule is CN(C)CC(=O)NC1(C)CCC(N)CC1. The van der Waals surface area contributed by atoms with Gasteiger partial charge in [-0.3, -0.25) is 4.79 Å². The highest BCUT2D eigenvalue weighted by Gasteiger charge is 2.30. The molecule has 15 heavy (non-hydrogen) atoms. The van der Waals surface area contributed by atoms with E-state index in [-0.39, 0.29) is 11.4 Å². The highest BCUT2D eigenvalue weighted by atomic mass is 16.2. The first kappa shape index (κ1) is 12.5. The Kier molecular flexibility index (Phi) is 4.11. The van der Waals surface area contributed by atoms with Gasteiger partial charge in [0.25, 0.3) is 0 Å². The molecule has 0 aromatic heterocycles. The standard InChI is InChI=1S/C11H23N3O/c1-11(6-4-9(12)5-7-11)13-10(15)8-14(2)3/h9H,4-8,12H2,1-3H3,(H,13,15). The Labute approximate surface area is 92.2 Å². The molecule has 0 unspecified atom stereocenters. The molecule has 1 saturated carbocycles. The first-order valence-corrected chi connectivity index (χ1v) is 5.63. The van der Waals surface area contributed by atoms with Gasteiger partial charge in [-0.15, -0.1) is 0 Å². The maximum Gasteiger partial charge on any atom is 0.234 e. The molecule has 0 aliphatic heterocycles. The van der Waals surface area contributed by atoms with Crippen molar-refractivity contribution >= 4 is 5.91 Å². The molecule has 4 nitrogen and oxygen atoms in total. The van der Waals surface area contributed by atoms with Crippen LogP contribution in [-0.2, 0) is 4.79 Å². The molecular formula is C11H23N3O. The van der Waals surface area contributed by atoms with Crippen LogP contribution in [0.3, 0.4) is 0 Å². The zero-order chi connectivity index (χ0) is 11.5. The van der Waals surface area contributed by atoms with Crippen LogP contribution >= 0.6 is 0 Å². The number of rotatable bonds is 3. The fraction of sp³-hybridized carbons (Fsp3) is 0.909. The largest absolute Gasteiger partial charge is 0.350 e. The fourth-order valence-electron chi connectivity index (χ4n) is 2.07. The van der Waals surface area contributed by atoms with Gasteiger partial charge in [0.1, 0.15) is 0 Å². The maximum atomic E-state index is 11.6. The van der Waals surface area contributed by atoms with Crippen molar-refractivity contribution in [3.05, 3.63) is 0 Å². The van der Waals surface area contributed by atoms with Crippen LogP contribution in [0.25, 0.3) is 0 Å². The molecule has 0 bridgehead atoms. The minimum atomic E-state index is -0.0387. The Bertz CT molecular complexity index is 220. The van der Waals surface area contributed by atoms with E-state index in [0.29, 0.717) is 12.6 Å². The summed E-state index contributed by atoms with van der Waals surface area (Å²) in [5, 5.41) is 3.11. The van der Waals surface area contributed by atoms with E-state index in [1.54, 1.807) is 0 Å². The molecule has 1 fully saturated rings. The Morgan fingerprint density at radius 3 is 2.47 bits per heavy atom. The quantitative estimate of drug-likeness (QED) is 0.710. The summed E-state index contributed by atoms with van der Waals surface area (Å²) in [4.78, 5) is 13.5. The molecule has 0 saturated heterocycles. The van der Waals surface area contributed by atoms with Crippen LogP contribution in [-0.4, -0.2) is 43.0 Å². The second kappa shape index (κ2) is 4.94. The second-order valence-corrected chi connectivity index (χ2v) is 5.18. The third kappa shape index (κ3) is 4.18. The summed E-state index contributed by atoms with van der Waals surface area (Å²) in [7, 11) is 3.80. The van der Waals surface area contributed by atoms with Crippen LogP contribution in [0.2, 0.25) is 0 Å². The second-order valence-electron chi connectivity index (χ2n) is 5.18. The number of nitrogens with two attached hydrogens (primary N) is 1. The summed E-state index contributed by atoms with van der Waals surface area (Å²) in [5.41, 5.74) is 5.81. The van der Waals surface area contributed by atoms with E-state index in [1.807, 2.05) is 19.0 Å². The lowest BCUT2D eigenvalue weighted by atomic mass is 9.81. The van der Waals surface area contributed by atoms with Crippen molar-refractivity contribution in [1.82, 2.24) is 10.2 Å². The third-order valence-corrected chi connectivity index (χ3v) is 3.03. The number of likely N-dealkylation sites (N-methyl/N-ethyl adjacent to an activating group) is 1. The lowest BCUT2D eigenvalue weighted by molar-refractivity contribution is -0.123. The number of nitrogens with one attached hydrogen (secondary N) is 1. The van der Waals surface area contributed by atoms with Gasteiger partial charge in [-0.05, 0) is 46.7 Å². The van der Waals surface area contributed by atoms with Gasteiger partial charge in [0, 0.05) is 11.6 Å². The van der Waals surface area contributed by atoms with Crippen LogP contribution in [0.15, 0.2) is 0 Å². The van der Waals surface area contributed by atoms with Gasteiger partial charge in [-0.2, -0.15) is 0 Å². The molecule has 88 valence electrons. The highest BCUT2D eigenvalue weighted by molar-refractivity contribution is 5.78. The van der Waals surface area contributed by atoms with Crippen molar-refractivity contribution in [3.63, 3.8) is 0 Å². The van der Waals surface area contributed by atoms with Crippen molar-refractivity contribution < 1.29 is 4.79 Å². The fourth-order valence-corrected chi connectivity index (χ4v) is 2.07. The smallest absolute Gasteiger partial charge is 0.234 e. The average molecular weight is 213 g/mol. The Morgan fingerprint density at radius 2 is 2.00 bits per heavy atom. The van der Waals surface area contributed by atoms with Gasteiger partial charge >= 0.3 is 0 Å². The zero-order valence-electron chi connectivity index (χ0n) is 10.0. The van der Waals surface area contributed by atoms with Gasteiger partial charge in [0.05, 0.1) is 6.54 Å². The van der Waals surface area contributed by atoms with Crippen LogP contribution < -0.4 is 11.1 Å². The lowest BCUT2D eigenvalue weighted by Crippen LogP contribution is -2.52. The summed E-state index contributed by atoms with van der Waals surface area (Å²) in [6, 6.07) is 0.323. The van der Waals surface area contributed by atoms with Crippen molar-refractivity contribution in [2.45, 2.75) is 44.2 Å². The molecule has 0 spiro atoms. The van der Waals surface area contributed by atoms with E-state index in [2.05, 4.69) is 12.2 Å². The summed E-state index contributed by atoms with van der Waals surface area (Å²) in [6.07, 6.45) is 4.01. The normalized spacial score (nSPS) is 31.7. The third-order valence-electron chi connectivity index (χ3n) is 3.03. The van der Waals surface area contributed by atoms with Gasteiger partial charge in [-0.25, -0.2) is 0 Å². The van der Waals surface area contributed by atoms with E-state index in [1.165, 1.54) is 0 Å². The van der Waals surface area contributed by atoms with Gasteiger partial charge in [0.2, 0.25) is 5.91 Å². The molecule has 0 atom stereocenters. The lowest BCUT2D eigenvalue weighted by Gasteiger charge is -2.37. The first-order valence-electron chi connectivity index (χ1n) is 5.63. The molecular weight excluding hydrogens is 190 g/mol. The summed E-state index contributed by atoms with van der Waals surface area (Å²) >= 11 is 0. The number of amides is 1. The predicted octanol–water partition coefficient (Wildman–Crippen LogP) is 0.324. The molecule has 1 rings (SSSR count). The predicted molar refractivity (Wildman–Crippen MR) is 61.5 cm³/mol. The number of carbonyl (C=O) groups is 1. The Morgan fingerprint density at radius 1 is 1.47 bits per heavy atom. The first-order chi connectivity index (χ1) is 6.91. The Hall–Kier alpha value is -0.610. The Balaban J connectivity index is 2.39. The number of carbonyl (C=O) groups excluding carboxylic acids is 1. The van der Waals surface area contributed by atoms with Crippen LogP contribution in [0.5, 0.6) is 0 Å². The topological polar surface area (TPSA) is 58.4 Å². The zero-order valence-corrected chi connectivity index (χ0v) is 10.0. The van der Waals surface area contributed by atoms with Crippen LogP contribution in [0.4, 0.5) is 0 Å². The van der Waals surface area contributed by atoms with E-state index in [0.717, 1.165) is 25.7 Å². The summed E-state index contributed by atoms with van der Waals surface area (Å²) in [5.74, 6) is 0.109. The van der Waals surface area contributed by atoms with Crippen LogP contribution in [0, 0.1) is 0 Å². The summed E-state index contributed by atoms with van der Waals surface area (Å²) in [6.45, 7) is 2.58. The van der Waals surface area contributed by atoms with Crippen LogP contribution in [0.1, 0.15) is 32.6 Å². The minimum Gasteiger partial charge on any atom is -0.350 e. The van der Waals surface area contributed by atoms with Crippen molar-refractivity contribution in [1.29, 1.82) is 0 Å². The van der Waals surface area contributed by atoms with E-state index in [9.17, 15) is 4.79 Å². The molecule has 0 aromatic carbocycles. The van der Waals surface area contributed by atoms with Crippen molar-refractivity contribution in [2.75, 3.05) is 20.6 Å². The number of hydrogen-bond acceptors (Lipinski definition) is 3.